The Balaban J connectivity index is 1.47. The molecular weight excluding hydrogens is 633 g/mol. The molecule has 0 radical (unpaired) electrons. The number of hydrogen-bond donors (Lipinski definition) is 1. The summed E-state index contributed by atoms with van der Waals surface area (Å²) in [5.74, 6) is -0.317. The highest BCUT2D eigenvalue weighted by molar-refractivity contribution is 7.91. The lowest BCUT2D eigenvalue weighted by molar-refractivity contribution is -0.137. The largest absolute Gasteiger partial charge is 0.489 e. The van der Waals surface area contributed by atoms with E-state index in [2.05, 4.69) is 10.1 Å². The van der Waals surface area contributed by atoms with Crippen LogP contribution in [0.4, 0.5) is 27.6 Å². The van der Waals surface area contributed by atoms with Crippen molar-refractivity contribution in [2.45, 2.75) is 62.1 Å². The molecule has 46 heavy (non-hydrogen) atoms. The first-order chi connectivity index (χ1) is 21.8. The molecule has 246 valence electrons. The van der Waals surface area contributed by atoms with Crippen molar-refractivity contribution in [2.24, 2.45) is 0 Å². The van der Waals surface area contributed by atoms with Gasteiger partial charge in [0.1, 0.15) is 11.9 Å². The van der Waals surface area contributed by atoms with Crippen molar-refractivity contribution in [1.82, 2.24) is 5.32 Å². The molecule has 0 spiro atoms. The normalized spacial score (nSPS) is 17.7. The van der Waals surface area contributed by atoms with Gasteiger partial charge in [-0.1, -0.05) is 19.1 Å². The summed E-state index contributed by atoms with van der Waals surface area (Å²) < 4.78 is 99.3. The monoisotopic (exact) mass is 665 g/mol. The SMILES string of the molecule is CCS(=O)(=O)c1ccc([C@H](CC#N)NC(=O)c2ccc(N3C[C@@H](Oc4ccc(C(F)(F)F)cc4)CC[C@H]3COC(F)F)cc2)cc1. The number of nitriles is 1. The molecule has 8 nitrogen and oxygen atoms in total. The molecule has 14 heteroatoms. The van der Waals surface area contributed by atoms with E-state index >= 15 is 0 Å². The third-order valence-corrected chi connectivity index (χ3v) is 9.40. The number of anilines is 1. The Morgan fingerprint density at radius 2 is 1.67 bits per heavy atom. The molecule has 1 saturated heterocycles. The average Bonchev–Trinajstić information content (AvgIpc) is 3.03. The quantitative estimate of drug-likeness (QED) is 0.219. The minimum Gasteiger partial charge on any atom is -0.489 e. The Labute approximate surface area is 263 Å². The van der Waals surface area contributed by atoms with E-state index in [-0.39, 0.29) is 41.5 Å². The summed E-state index contributed by atoms with van der Waals surface area (Å²) >= 11 is 0. The van der Waals surface area contributed by atoms with Gasteiger partial charge in [-0.2, -0.15) is 27.2 Å². The third-order valence-electron chi connectivity index (χ3n) is 7.65. The maximum atomic E-state index is 13.1. The number of alkyl halides is 5. The maximum Gasteiger partial charge on any atom is 0.416 e. The molecule has 4 rings (SSSR count). The van der Waals surface area contributed by atoms with Crippen LogP contribution >= 0.6 is 0 Å². The van der Waals surface area contributed by atoms with E-state index in [0.29, 0.717) is 24.1 Å². The van der Waals surface area contributed by atoms with E-state index in [4.69, 9.17) is 4.74 Å². The fraction of sp³-hybridized carbons (Fsp3) is 0.375. The molecule has 0 unspecified atom stereocenters. The minimum atomic E-state index is -4.48. The van der Waals surface area contributed by atoms with Gasteiger partial charge in [-0.25, -0.2) is 8.42 Å². The standard InChI is InChI=1S/C32H32F5N3O5S/c1-2-46(42,43)28-15-5-21(6-16-28)29(17-18-38)39-30(41)22-3-9-24(10-4-22)40-19-27(14-11-25(40)20-44-31(33)34)45-26-12-7-23(8-13-26)32(35,36)37/h3-10,12-13,15-16,25,27,29,31H,2,11,14,17,19-20H2,1H3,(H,39,41)/t25-,27-,29-/m0/s1. The van der Waals surface area contributed by atoms with Crippen LogP contribution in [0.5, 0.6) is 5.75 Å². The fourth-order valence-corrected chi connectivity index (χ4v) is 6.03. The predicted octanol–water partition coefficient (Wildman–Crippen LogP) is 6.54. The van der Waals surface area contributed by atoms with Gasteiger partial charge < -0.3 is 19.7 Å². The lowest BCUT2D eigenvalue weighted by atomic mass is 9.99. The first-order valence-electron chi connectivity index (χ1n) is 14.4. The van der Waals surface area contributed by atoms with Crippen LogP contribution in [0.25, 0.3) is 0 Å². The van der Waals surface area contributed by atoms with Crippen molar-refractivity contribution >= 4 is 21.4 Å². The molecule has 1 amide bonds. The van der Waals surface area contributed by atoms with Gasteiger partial charge in [-0.3, -0.25) is 4.79 Å². The number of benzene rings is 3. The number of rotatable bonds is 12. The number of halogens is 5. The number of nitrogens with zero attached hydrogens (tertiary/aromatic N) is 2. The topological polar surface area (TPSA) is 109 Å². The number of hydrogen-bond acceptors (Lipinski definition) is 7. The van der Waals surface area contributed by atoms with Crippen LogP contribution < -0.4 is 15.0 Å². The second-order valence-electron chi connectivity index (χ2n) is 10.6. The molecule has 3 aromatic carbocycles. The summed E-state index contributed by atoms with van der Waals surface area (Å²) in [4.78, 5) is 15.1. The average molecular weight is 666 g/mol. The highest BCUT2D eigenvalue weighted by Gasteiger charge is 2.32. The summed E-state index contributed by atoms with van der Waals surface area (Å²) in [6.07, 6.45) is -4.17. The number of nitrogens with one attached hydrogen (secondary N) is 1. The van der Waals surface area contributed by atoms with Crippen LogP contribution in [0.2, 0.25) is 0 Å². The Hall–Kier alpha value is -4.22. The zero-order valence-electron chi connectivity index (χ0n) is 24.7. The van der Waals surface area contributed by atoms with Crippen molar-refractivity contribution in [2.75, 3.05) is 23.8 Å². The Bertz CT molecular complexity index is 1610. The molecule has 1 N–H and O–H groups in total. The summed E-state index contributed by atoms with van der Waals surface area (Å²) in [5.41, 5.74) is 0.585. The Morgan fingerprint density at radius 3 is 2.24 bits per heavy atom. The van der Waals surface area contributed by atoms with Crippen LogP contribution in [-0.4, -0.2) is 52.0 Å². The van der Waals surface area contributed by atoms with Gasteiger partial charge in [0.15, 0.2) is 9.84 Å². The second-order valence-corrected chi connectivity index (χ2v) is 12.9. The smallest absolute Gasteiger partial charge is 0.416 e. The molecule has 0 aliphatic carbocycles. The van der Waals surface area contributed by atoms with E-state index < -0.39 is 52.3 Å². The minimum absolute atomic E-state index is 0.0645. The Morgan fingerprint density at radius 1 is 1.02 bits per heavy atom. The summed E-state index contributed by atoms with van der Waals surface area (Å²) in [6, 6.07) is 17.5. The van der Waals surface area contributed by atoms with E-state index in [1.165, 1.54) is 43.3 Å². The lowest BCUT2D eigenvalue weighted by Crippen LogP contribution is -2.49. The fourth-order valence-electron chi connectivity index (χ4n) is 5.14. The van der Waals surface area contributed by atoms with Gasteiger partial charge in [-0.05, 0) is 79.1 Å². The third kappa shape index (κ3) is 8.95. The molecule has 3 atom stereocenters. The van der Waals surface area contributed by atoms with E-state index in [1.54, 1.807) is 29.2 Å². The molecular formula is C32H32F5N3O5S. The van der Waals surface area contributed by atoms with Crippen molar-refractivity contribution in [3.63, 3.8) is 0 Å². The first-order valence-corrected chi connectivity index (χ1v) is 16.1. The number of carbonyl (C=O) groups is 1. The zero-order valence-corrected chi connectivity index (χ0v) is 25.5. The lowest BCUT2D eigenvalue weighted by Gasteiger charge is -2.41. The van der Waals surface area contributed by atoms with Gasteiger partial charge >= 0.3 is 12.8 Å². The van der Waals surface area contributed by atoms with Gasteiger partial charge in [0.05, 0.1) is 53.9 Å². The number of amides is 1. The van der Waals surface area contributed by atoms with E-state index in [0.717, 1.165) is 12.1 Å². The summed E-state index contributed by atoms with van der Waals surface area (Å²) in [5, 5.41) is 12.1. The molecule has 3 aromatic rings. The molecule has 1 heterocycles. The van der Waals surface area contributed by atoms with Gasteiger partial charge in [-0.15, -0.1) is 0 Å². The summed E-state index contributed by atoms with van der Waals surface area (Å²) in [6.45, 7) is -1.49. The second kappa shape index (κ2) is 14.9. The predicted molar refractivity (Wildman–Crippen MR) is 159 cm³/mol. The van der Waals surface area contributed by atoms with Crippen molar-refractivity contribution < 1.29 is 44.6 Å². The van der Waals surface area contributed by atoms with Gasteiger partial charge in [0.25, 0.3) is 5.91 Å². The highest BCUT2D eigenvalue weighted by Crippen LogP contribution is 2.32. The van der Waals surface area contributed by atoms with Crippen molar-refractivity contribution in [3.05, 3.63) is 89.5 Å². The molecule has 0 saturated carbocycles. The van der Waals surface area contributed by atoms with Crippen molar-refractivity contribution in [1.29, 1.82) is 5.26 Å². The summed E-state index contributed by atoms with van der Waals surface area (Å²) in [7, 11) is -3.42. The van der Waals surface area contributed by atoms with Gasteiger partial charge in [0.2, 0.25) is 0 Å². The van der Waals surface area contributed by atoms with Crippen LogP contribution in [0.3, 0.4) is 0 Å². The Kier molecular flexibility index (Phi) is 11.2. The van der Waals surface area contributed by atoms with Crippen LogP contribution in [0.15, 0.2) is 77.7 Å². The number of carbonyl (C=O) groups excluding carboxylic acids is 1. The maximum absolute atomic E-state index is 13.1. The van der Waals surface area contributed by atoms with Crippen molar-refractivity contribution in [3.8, 4) is 11.8 Å². The van der Waals surface area contributed by atoms with E-state index in [1.807, 2.05) is 6.07 Å². The molecule has 1 fully saturated rings. The molecule has 0 bridgehead atoms. The van der Waals surface area contributed by atoms with Crippen LogP contribution in [-0.2, 0) is 20.8 Å². The molecule has 1 aliphatic rings. The van der Waals surface area contributed by atoms with Crippen LogP contribution in [0.1, 0.15) is 53.7 Å². The highest BCUT2D eigenvalue weighted by atomic mass is 32.2. The van der Waals surface area contributed by atoms with Crippen LogP contribution in [0, 0.1) is 11.3 Å². The zero-order chi connectivity index (χ0) is 33.5. The number of sulfone groups is 1. The number of piperidine rings is 1. The molecule has 0 aromatic heterocycles. The number of ether oxygens (including phenoxy) is 2. The molecule has 1 aliphatic heterocycles. The van der Waals surface area contributed by atoms with Gasteiger partial charge in [0, 0.05) is 11.3 Å². The van der Waals surface area contributed by atoms with E-state index in [9.17, 15) is 40.4 Å². The first kappa shape index (κ1) is 34.6.